The Balaban J connectivity index is 1.78. The third kappa shape index (κ3) is 3.29. The molecule has 1 N–H and O–H groups in total. The molecule has 1 aromatic carbocycles. The summed E-state index contributed by atoms with van der Waals surface area (Å²) in [6.45, 7) is 1.95. The van der Waals surface area contributed by atoms with Gasteiger partial charge in [0.05, 0.1) is 24.8 Å². The van der Waals surface area contributed by atoms with E-state index in [2.05, 4.69) is 15.5 Å². The van der Waals surface area contributed by atoms with Crippen molar-refractivity contribution in [1.82, 2.24) is 10.2 Å². The van der Waals surface area contributed by atoms with Crippen LogP contribution in [0, 0.1) is 0 Å². The Bertz CT molecular complexity index is 771. The number of anilines is 1. The zero-order valence-electron chi connectivity index (χ0n) is 13.1. The second-order valence-electron chi connectivity index (χ2n) is 4.85. The fourth-order valence-electron chi connectivity index (χ4n) is 2.12. The molecule has 2 aromatic heterocycles. The Morgan fingerprint density at radius 1 is 1.17 bits per heavy atom. The van der Waals surface area contributed by atoms with Crippen molar-refractivity contribution in [2.45, 2.75) is 13.0 Å². The minimum Gasteiger partial charge on any atom is -0.497 e. The molecule has 0 fully saturated rings. The maximum absolute atomic E-state index is 5.74. The average Bonchev–Trinajstić information content (AvgIpc) is 3.26. The number of nitrogens with zero attached hydrogens (tertiary/aromatic N) is 2. The SMILES string of the molecule is COc1ccc(N[C@H](C)c2nnc(-c3cccs3)o2)c(OC)c1. The standard InChI is InChI=1S/C16H17N3O3S/c1-10(15-18-19-16(22-15)14-5-4-8-23-14)17-12-7-6-11(20-2)9-13(12)21-3/h4-10,17H,1-3H3/t10-/m1/s1. The zero-order valence-corrected chi connectivity index (χ0v) is 13.9. The summed E-state index contributed by atoms with van der Waals surface area (Å²) in [7, 11) is 3.24. The lowest BCUT2D eigenvalue weighted by atomic mass is 10.2. The molecule has 1 atom stereocenters. The van der Waals surface area contributed by atoms with Crippen molar-refractivity contribution in [1.29, 1.82) is 0 Å². The third-order valence-electron chi connectivity index (χ3n) is 3.32. The van der Waals surface area contributed by atoms with E-state index in [1.54, 1.807) is 25.6 Å². The van der Waals surface area contributed by atoms with Gasteiger partial charge < -0.3 is 19.2 Å². The van der Waals surface area contributed by atoms with Crippen LogP contribution in [0.2, 0.25) is 0 Å². The molecule has 3 rings (SSSR count). The van der Waals surface area contributed by atoms with Crippen LogP contribution in [0.25, 0.3) is 10.8 Å². The quantitative estimate of drug-likeness (QED) is 0.736. The Kier molecular flexibility index (Phi) is 4.47. The topological polar surface area (TPSA) is 69.4 Å². The first-order valence-electron chi connectivity index (χ1n) is 7.07. The van der Waals surface area contributed by atoms with Crippen molar-refractivity contribution in [2.75, 3.05) is 19.5 Å². The number of thiophene rings is 1. The first kappa shape index (κ1) is 15.4. The van der Waals surface area contributed by atoms with Crippen LogP contribution in [0.5, 0.6) is 11.5 Å². The van der Waals surface area contributed by atoms with Crippen molar-refractivity contribution >= 4 is 17.0 Å². The summed E-state index contributed by atoms with van der Waals surface area (Å²) >= 11 is 1.56. The minimum atomic E-state index is -0.154. The van der Waals surface area contributed by atoms with E-state index in [1.165, 1.54) is 0 Å². The lowest BCUT2D eigenvalue weighted by Gasteiger charge is -2.15. The van der Waals surface area contributed by atoms with E-state index in [0.717, 1.165) is 16.3 Å². The molecule has 0 amide bonds. The monoisotopic (exact) mass is 331 g/mol. The maximum atomic E-state index is 5.74. The van der Waals surface area contributed by atoms with Crippen molar-refractivity contribution in [2.24, 2.45) is 0 Å². The van der Waals surface area contributed by atoms with Crippen molar-refractivity contribution in [3.8, 4) is 22.3 Å². The lowest BCUT2D eigenvalue weighted by Crippen LogP contribution is -2.08. The van der Waals surface area contributed by atoms with Gasteiger partial charge in [-0.25, -0.2) is 0 Å². The number of hydrogen-bond donors (Lipinski definition) is 1. The molecule has 0 aliphatic heterocycles. The molecule has 7 heteroatoms. The summed E-state index contributed by atoms with van der Waals surface area (Å²) in [5.74, 6) is 2.48. The van der Waals surface area contributed by atoms with Crippen LogP contribution in [0.4, 0.5) is 5.69 Å². The summed E-state index contributed by atoms with van der Waals surface area (Å²) < 4.78 is 16.3. The van der Waals surface area contributed by atoms with Gasteiger partial charge in [-0.1, -0.05) is 6.07 Å². The van der Waals surface area contributed by atoms with Gasteiger partial charge in [0.1, 0.15) is 17.5 Å². The smallest absolute Gasteiger partial charge is 0.257 e. The predicted molar refractivity (Wildman–Crippen MR) is 89.2 cm³/mol. The molecule has 0 spiro atoms. The first-order chi connectivity index (χ1) is 11.2. The molecular formula is C16H17N3O3S. The Labute approximate surface area is 138 Å². The number of ether oxygens (including phenoxy) is 2. The normalized spacial score (nSPS) is 12.0. The second kappa shape index (κ2) is 6.70. The fraction of sp³-hybridized carbons (Fsp3) is 0.250. The van der Waals surface area contributed by atoms with Crippen molar-refractivity contribution in [3.05, 3.63) is 41.6 Å². The highest BCUT2D eigenvalue weighted by Crippen LogP contribution is 2.32. The number of rotatable bonds is 6. The van der Waals surface area contributed by atoms with Gasteiger partial charge in [-0.3, -0.25) is 0 Å². The molecule has 0 unspecified atom stereocenters. The summed E-state index contributed by atoms with van der Waals surface area (Å²) in [4.78, 5) is 0.956. The molecule has 120 valence electrons. The van der Waals surface area contributed by atoms with Gasteiger partial charge in [-0.05, 0) is 30.5 Å². The van der Waals surface area contributed by atoms with E-state index >= 15 is 0 Å². The van der Waals surface area contributed by atoms with Gasteiger partial charge in [-0.2, -0.15) is 0 Å². The molecule has 23 heavy (non-hydrogen) atoms. The molecule has 0 saturated carbocycles. The molecule has 0 aliphatic rings. The number of nitrogens with one attached hydrogen (secondary N) is 1. The molecule has 0 radical (unpaired) electrons. The van der Waals surface area contributed by atoms with Crippen LogP contribution in [-0.2, 0) is 0 Å². The molecule has 3 aromatic rings. The fourth-order valence-corrected chi connectivity index (χ4v) is 2.77. The van der Waals surface area contributed by atoms with Gasteiger partial charge in [0.25, 0.3) is 5.89 Å². The van der Waals surface area contributed by atoms with E-state index in [1.807, 2.05) is 42.6 Å². The Morgan fingerprint density at radius 2 is 2.04 bits per heavy atom. The van der Waals surface area contributed by atoms with Gasteiger partial charge in [0.15, 0.2) is 0 Å². The molecule has 0 aliphatic carbocycles. The van der Waals surface area contributed by atoms with Crippen molar-refractivity contribution < 1.29 is 13.9 Å². The average molecular weight is 331 g/mol. The van der Waals surface area contributed by atoms with Crippen LogP contribution in [-0.4, -0.2) is 24.4 Å². The Morgan fingerprint density at radius 3 is 2.74 bits per heavy atom. The predicted octanol–water partition coefficient (Wildman–Crippen LogP) is 3.99. The number of methoxy groups -OCH3 is 2. The van der Waals surface area contributed by atoms with Crippen LogP contribution in [0.3, 0.4) is 0 Å². The Hall–Kier alpha value is -2.54. The lowest BCUT2D eigenvalue weighted by molar-refractivity contribution is 0.395. The highest BCUT2D eigenvalue weighted by molar-refractivity contribution is 7.13. The summed E-state index contributed by atoms with van der Waals surface area (Å²) in [5, 5.41) is 13.5. The second-order valence-corrected chi connectivity index (χ2v) is 5.80. The van der Waals surface area contributed by atoms with Gasteiger partial charge >= 0.3 is 0 Å². The third-order valence-corrected chi connectivity index (χ3v) is 4.18. The highest BCUT2D eigenvalue weighted by Gasteiger charge is 2.17. The van der Waals surface area contributed by atoms with Gasteiger partial charge in [0, 0.05) is 6.07 Å². The molecule has 0 saturated heterocycles. The van der Waals surface area contributed by atoms with E-state index in [0.29, 0.717) is 17.5 Å². The summed E-state index contributed by atoms with van der Waals surface area (Å²) in [5.41, 5.74) is 0.830. The molecule has 2 heterocycles. The van der Waals surface area contributed by atoms with Crippen LogP contribution < -0.4 is 14.8 Å². The van der Waals surface area contributed by atoms with Crippen molar-refractivity contribution in [3.63, 3.8) is 0 Å². The molecule has 0 bridgehead atoms. The number of aromatic nitrogens is 2. The number of hydrogen-bond acceptors (Lipinski definition) is 7. The minimum absolute atomic E-state index is 0.154. The zero-order chi connectivity index (χ0) is 16.2. The first-order valence-corrected chi connectivity index (χ1v) is 7.95. The van der Waals surface area contributed by atoms with E-state index < -0.39 is 0 Å². The van der Waals surface area contributed by atoms with Crippen LogP contribution >= 0.6 is 11.3 Å². The van der Waals surface area contributed by atoms with E-state index in [4.69, 9.17) is 13.9 Å². The van der Waals surface area contributed by atoms with Crippen LogP contribution in [0.15, 0.2) is 40.1 Å². The summed E-state index contributed by atoms with van der Waals surface area (Å²) in [6.07, 6.45) is 0. The molecule has 6 nitrogen and oxygen atoms in total. The summed E-state index contributed by atoms with van der Waals surface area (Å²) in [6, 6.07) is 9.33. The number of benzene rings is 1. The van der Waals surface area contributed by atoms with E-state index in [-0.39, 0.29) is 6.04 Å². The largest absolute Gasteiger partial charge is 0.497 e. The van der Waals surface area contributed by atoms with Gasteiger partial charge in [0.2, 0.25) is 5.89 Å². The maximum Gasteiger partial charge on any atom is 0.257 e. The van der Waals surface area contributed by atoms with Gasteiger partial charge in [-0.15, -0.1) is 21.5 Å². The van der Waals surface area contributed by atoms with Crippen LogP contribution in [0.1, 0.15) is 18.9 Å². The van der Waals surface area contributed by atoms with E-state index in [9.17, 15) is 0 Å². The highest BCUT2D eigenvalue weighted by atomic mass is 32.1. The molecular weight excluding hydrogens is 314 g/mol.